The van der Waals surface area contributed by atoms with Crippen LogP contribution in [-0.2, 0) is 0 Å². The van der Waals surface area contributed by atoms with Crippen molar-refractivity contribution in [2.75, 3.05) is 0 Å². The van der Waals surface area contributed by atoms with E-state index in [-0.39, 0.29) is 11.8 Å². The van der Waals surface area contributed by atoms with E-state index >= 15 is 0 Å². The second kappa shape index (κ2) is 9.53. The fourth-order valence-electron chi connectivity index (χ4n) is 3.81. The molecule has 4 rings (SSSR count). The summed E-state index contributed by atoms with van der Waals surface area (Å²) in [5.74, 6) is 0.0840. The van der Waals surface area contributed by atoms with E-state index < -0.39 is 0 Å². The number of allylic oxidation sites excluding steroid dienone is 7. The molecule has 0 radical (unpaired) electrons. The maximum Gasteiger partial charge on any atom is 0.274 e. The Morgan fingerprint density at radius 1 is 1.19 bits per heavy atom. The summed E-state index contributed by atoms with van der Waals surface area (Å²) in [5, 5.41) is 3.04. The van der Waals surface area contributed by atoms with Gasteiger partial charge in [0.05, 0.1) is 0 Å². The van der Waals surface area contributed by atoms with E-state index in [4.69, 9.17) is 0 Å². The molecule has 0 saturated carbocycles. The van der Waals surface area contributed by atoms with Gasteiger partial charge in [-0.25, -0.2) is 4.98 Å². The van der Waals surface area contributed by atoms with Crippen LogP contribution in [0.4, 0.5) is 0 Å². The van der Waals surface area contributed by atoms with Crippen LogP contribution >= 0.6 is 15.9 Å². The number of nitrogens with one attached hydrogen (secondary N) is 1. The Labute approximate surface area is 197 Å². The number of aryl methyl sites for hydroxylation is 1. The molecule has 1 atom stereocenters. The summed E-state index contributed by atoms with van der Waals surface area (Å²) in [6.07, 6.45) is 15.4. The second-order valence-corrected chi connectivity index (χ2v) is 8.95. The molecule has 1 unspecified atom stereocenters. The van der Waals surface area contributed by atoms with E-state index in [2.05, 4.69) is 80.7 Å². The molecule has 1 aromatic heterocycles. The first-order chi connectivity index (χ1) is 15.4. The van der Waals surface area contributed by atoms with E-state index in [0.29, 0.717) is 5.69 Å². The van der Waals surface area contributed by atoms with Crippen molar-refractivity contribution in [3.05, 3.63) is 118 Å². The number of carbonyl (C=O) groups excluding carboxylic acids is 1. The number of fused-ring (bicyclic) bond motifs is 1. The zero-order valence-electron chi connectivity index (χ0n) is 18.5. The van der Waals surface area contributed by atoms with Crippen LogP contribution in [0, 0.1) is 19.8 Å². The lowest BCUT2D eigenvalue weighted by atomic mass is 10.00. The number of benzene rings is 1. The monoisotopic (exact) mass is 487 g/mol. The van der Waals surface area contributed by atoms with Crippen LogP contribution in [0.1, 0.15) is 40.7 Å². The van der Waals surface area contributed by atoms with Gasteiger partial charge in [-0.1, -0.05) is 71.4 Å². The van der Waals surface area contributed by atoms with Crippen molar-refractivity contribution in [3.8, 4) is 0 Å². The Morgan fingerprint density at radius 3 is 2.75 bits per heavy atom. The average Bonchev–Trinajstić information content (AvgIpc) is 2.99. The number of pyridine rings is 1. The topological polar surface area (TPSA) is 45.2 Å². The van der Waals surface area contributed by atoms with Gasteiger partial charge in [-0.15, -0.1) is 0 Å². The third kappa shape index (κ3) is 4.83. The van der Waals surface area contributed by atoms with Crippen LogP contribution in [0.2, 0.25) is 0 Å². The van der Waals surface area contributed by atoms with Crippen molar-refractivity contribution in [1.82, 2.24) is 15.2 Å². The molecular weight excluding hydrogens is 462 g/mol. The molecule has 2 aliphatic heterocycles. The highest BCUT2D eigenvalue weighted by molar-refractivity contribution is 9.10. The number of halogens is 1. The van der Waals surface area contributed by atoms with Crippen molar-refractivity contribution in [2.45, 2.75) is 27.2 Å². The highest BCUT2D eigenvalue weighted by Crippen LogP contribution is 2.29. The van der Waals surface area contributed by atoms with Gasteiger partial charge in [-0.3, -0.25) is 4.79 Å². The number of hydrogen-bond acceptors (Lipinski definition) is 3. The Morgan fingerprint density at radius 2 is 1.97 bits per heavy atom. The molecule has 32 heavy (non-hydrogen) atoms. The highest BCUT2D eigenvalue weighted by atomic mass is 79.9. The van der Waals surface area contributed by atoms with Gasteiger partial charge in [0.25, 0.3) is 5.91 Å². The molecule has 0 fully saturated rings. The first kappa shape index (κ1) is 22.0. The fourth-order valence-corrected chi connectivity index (χ4v) is 4.33. The molecule has 0 bridgehead atoms. The molecule has 1 amide bonds. The van der Waals surface area contributed by atoms with E-state index in [1.165, 1.54) is 5.70 Å². The summed E-state index contributed by atoms with van der Waals surface area (Å²) in [6, 6.07) is 12.3. The third-order valence-corrected chi connectivity index (χ3v) is 6.47. The number of hydrogen-bond donors (Lipinski definition) is 1. The minimum Gasteiger partial charge on any atom is -0.327 e. The first-order valence-electron chi connectivity index (χ1n) is 10.7. The van der Waals surface area contributed by atoms with Crippen LogP contribution in [0.25, 0.3) is 5.57 Å². The van der Waals surface area contributed by atoms with E-state index in [0.717, 1.165) is 39.0 Å². The zero-order valence-corrected chi connectivity index (χ0v) is 20.1. The van der Waals surface area contributed by atoms with Crippen molar-refractivity contribution >= 4 is 27.4 Å². The van der Waals surface area contributed by atoms with Crippen molar-refractivity contribution in [2.24, 2.45) is 5.92 Å². The minimum absolute atomic E-state index is 0.204. The van der Waals surface area contributed by atoms with E-state index in [1.807, 2.05) is 50.4 Å². The molecule has 3 heterocycles. The molecule has 4 nitrogen and oxygen atoms in total. The molecule has 1 N–H and O–H groups in total. The lowest BCUT2D eigenvalue weighted by Crippen LogP contribution is -2.26. The minimum atomic E-state index is -0.204. The zero-order chi connectivity index (χ0) is 22.7. The Kier molecular flexibility index (Phi) is 6.56. The normalized spacial score (nSPS) is 17.9. The Balaban J connectivity index is 1.61. The van der Waals surface area contributed by atoms with Crippen LogP contribution in [0.3, 0.4) is 0 Å². The molecule has 0 aliphatic carbocycles. The van der Waals surface area contributed by atoms with Crippen molar-refractivity contribution in [1.29, 1.82) is 0 Å². The molecule has 5 heteroatoms. The van der Waals surface area contributed by atoms with Gasteiger partial charge in [0, 0.05) is 39.9 Å². The highest BCUT2D eigenvalue weighted by Gasteiger charge is 2.19. The summed E-state index contributed by atoms with van der Waals surface area (Å²) < 4.78 is 0.886. The SMILES string of the molecule is Cc1cc(Br)c(C)c(C(=O)NC2=CCC(C)C3=CC=CC(c4ccccc4)=CN3C=C2)n1. The largest absolute Gasteiger partial charge is 0.327 e. The van der Waals surface area contributed by atoms with Gasteiger partial charge < -0.3 is 10.2 Å². The maximum atomic E-state index is 13.0. The molecule has 2 aromatic rings. The molecular formula is C27H26BrN3O. The summed E-state index contributed by atoms with van der Waals surface area (Å²) in [4.78, 5) is 19.6. The predicted octanol–water partition coefficient (Wildman–Crippen LogP) is 6.42. The summed E-state index contributed by atoms with van der Waals surface area (Å²) in [5.41, 5.74) is 6.35. The van der Waals surface area contributed by atoms with Gasteiger partial charge in [0.1, 0.15) is 5.69 Å². The summed E-state index contributed by atoms with van der Waals surface area (Å²) in [6.45, 7) is 5.98. The second-order valence-electron chi connectivity index (χ2n) is 8.09. The summed E-state index contributed by atoms with van der Waals surface area (Å²) in [7, 11) is 0. The fraction of sp³-hybridized carbons (Fsp3) is 0.185. The lowest BCUT2D eigenvalue weighted by molar-refractivity contribution is 0.0961. The molecule has 0 saturated heterocycles. The number of amides is 1. The first-order valence-corrected chi connectivity index (χ1v) is 11.5. The molecule has 162 valence electrons. The standard InChI is InChI=1S/C27H26BrN3O/c1-18-12-13-23(30-27(32)26-20(3)24(28)16-19(2)29-26)14-15-31-17-22(10-7-11-25(18)31)21-8-5-4-6-9-21/h4-11,13-18H,12H2,1-3H3,(H,30,32). The Hall–Kier alpha value is -3.18. The van der Waals surface area contributed by atoms with E-state index in [9.17, 15) is 4.79 Å². The number of carbonyl (C=O) groups is 1. The van der Waals surface area contributed by atoms with Gasteiger partial charge >= 0.3 is 0 Å². The molecule has 0 spiro atoms. The lowest BCUT2D eigenvalue weighted by Gasteiger charge is -2.26. The number of rotatable bonds is 3. The molecule has 2 aliphatic rings. The van der Waals surface area contributed by atoms with Crippen LogP contribution < -0.4 is 5.32 Å². The van der Waals surface area contributed by atoms with E-state index in [1.54, 1.807) is 0 Å². The van der Waals surface area contributed by atoms with Gasteiger partial charge in [0.2, 0.25) is 0 Å². The van der Waals surface area contributed by atoms with Gasteiger partial charge in [-0.05, 0) is 55.2 Å². The average molecular weight is 488 g/mol. The van der Waals surface area contributed by atoms with Gasteiger partial charge in [0.15, 0.2) is 0 Å². The Bertz CT molecular complexity index is 1190. The quantitative estimate of drug-likeness (QED) is 0.542. The predicted molar refractivity (Wildman–Crippen MR) is 133 cm³/mol. The molecule has 1 aromatic carbocycles. The number of nitrogens with zero attached hydrogens (tertiary/aromatic N) is 2. The van der Waals surface area contributed by atoms with Crippen LogP contribution in [-0.4, -0.2) is 15.8 Å². The third-order valence-electron chi connectivity index (χ3n) is 5.65. The van der Waals surface area contributed by atoms with Crippen molar-refractivity contribution < 1.29 is 4.79 Å². The van der Waals surface area contributed by atoms with Crippen LogP contribution in [0.5, 0.6) is 0 Å². The smallest absolute Gasteiger partial charge is 0.274 e. The van der Waals surface area contributed by atoms with Crippen molar-refractivity contribution in [3.63, 3.8) is 0 Å². The maximum absolute atomic E-state index is 13.0. The number of aromatic nitrogens is 1. The summed E-state index contributed by atoms with van der Waals surface area (Å²) >= 11 is 3.52. The van der Waals surface area contributed by atoms with Crippen LogP contribution in [0.15, 0.2) is 95.0 Å². The van der Waals surface area contributed by atoms with Gasteiger partial charge in [-0.2, -0.15) is 0 Å².